The summed E-state index contributed by atoms with van der Waals surface area (Å²) in [5, 5.41) is 14.8. The summed E-state index contributed by atoms with van der Waals surface area (Å²) in [5.74, 6) is -0.764. The number of fused-ring (bicyclic) bond motifs is 3. The van der Waals surface area contributed by atoms with Crippen molar-refractivity contribution in [3.63, 3.8) is 0 Å². The SMILES string of the molecule is C[C@@H](CC(=O)NC1CCCCC1CCC(=O)O)NC(=O)OCC1c2ccccc2-c2ccccc21. The van der Waals surface area contributed by atoms with Gasteiger partial charge >= 0.3 is 12.1 Å². The molecule has 4 rings (SSSR count). The van der Waals surface area contributed by atoms with E-state index in [1.54, 1.807) is 6.92 Å². The summed E-state index contributed by atoms with van der Waals surface area (Å²) in [6, 6.07) is 16.0. The van der Waals surface area contributed by atoms with Crippen molar-refractivity contribution in [3.05, 3.63) is 59.7 Å². The van der Waals surface area contributed by atoms with Gasteiger partial charge < -0.3 is 20.5 Å². The van der Waals surface area contributed by atoms with Gasteiger partial charge in [0.25, 0.3) is 0 Å². The summed E-state index contributed by atoms with van der Waals surface area (Å²) < 4.78 is 5.58. The predicted octanol–water partition coefficient (Wildman–Crippen LogP) is 4.84. The fraction of sp³-hybridized carbons (Fsp3) is 0.464. The van der Waals surface area contributed by atoms with Gasteiger partial charge in [0, 0.05) is 30.8 Å². The lowest BCUT2D eigenvalue weighted by atomic mass is 9.81. The van der Waals surface area contributed by atoms with E-state index in [0.29, 0.717) is 6.42 Å². The summed E-state index contributed by atoms with van der Waals surface area (Å²) in [7, 11) is 0. The second kappa shape index (κ2) is 11.4. The van der Waals surface area contributed by atoms with Crippen LogP contribution in [0.1, 0.15) is 68.9 Å². The summed E-state index contributed by atoms with van der Waals surface area (Å²) in [5.41, 5.74) is 4.65. The lowest BCUT2D eigenvalue weighted by Gasteiger charge is -2.32. The van der Waals surface area contributed by atoms with E-state index < -0.39 is 12.1 Å². The van der Waals surface area contributed by atoms with Gasteiger partial charge in [-0.05, 0) is 54.4 Å². The first-order valence-corrected chi connectivity index (χ1v) is 12.5. The van der Waals surface area contributed by atoms with Gasteiger partial charge in [-0.1, -0.05) is 61.4 Å². The zero-order valence-corrected chi connectivity index (χ0v) is 20.2. The molecule has 0 radical (unpaired) electrons. The van der Waals surface area contributed by atoms with Gasteiger partial charge in [-0.15, -0.1) is 0 Å². The second-order valence-corrected chi connectivity index (χ2v) is 9.73. The molecule has 35 heavy (non-hydrogen) atoms. The Hall–Kier alpha value is -3.35. The van der Waals surface area contributed by atoms with Crippen LogP contribution in [0.3, 0.4) is 0 Å². The summed E-state index contributed by atoms with van der Waals surface area (Å²) in [4.78, 5) is 36.0. The van der Waals surface area contributed by atoms with Crippen LogP contribution in [0, 0.1) is 5.92 Å². The second-order valence-electron chi connectivity index (χ2n) is 9.73. The van der Waals surface area contributed by atoms with Crippen molar-refractivity contribution in [1.29, 1.82) is 0 Å². The molecule has 2 aliphatic rings. The largest absolute Gasteiger partial charge is 0.481 e. The highest BCUT2D eigenvalue weighted by molar-refractivity contribution is 5.79. The standard InChI is InChI=1S/C28H34N2O5/c1-18(16-26(31)30-25-13-7-2-8-19(25)14-15-27(32)33)29-28(34)35-17-24-22-11-5-3-9-20(22)21-10-4-6-12-23(21)24/h3-6,9-12,18-19,24-25H,2,7-8,13-17H2,1H3,(H,29,34)(H,30,31)(H,32,33)/t18-,19?,25?/m0/s1. The number of rotatable bonds is 9. The Morgan fingerprint density at radius 2 is 1.63 bits per heavy atom. The van der Waals surface area contributed by atoms with Gasteiger partial charge in [-0.2, -0.15) is 0 Å². The number of amides is 2. The van der Waals surface area contributed by atoms with Crippen molar-refractivity contribution >= 4 is 18.0 Å². The Morgan fingerprint density at radius 3 is 2.29 bits per heavy atom. The maximum Gasteiger partial charge on any atom is 0.407 e. The molecule has 3 N–H and O–H groups in total. The molecule has 0 heterocycles. The molecule has 0 saturated heterocycles. The third-order valence-corrected chi connectivity index (χ3v) is 7.18. The minimum atomic E-state index is -0.804. The number of aliphatic carboxylic acids is 1. The van der Waals surface area contributed by atoms with Gasteiger partial charge in [0.2, 0.25) is 5.91 Å². The predicted molar refractivity (Wildman–Crippen MR) is 133 cm³/mol. The normalized spacial score (nSPS) is 19.8. The van der Waals surface area contributed by atoms with Crippen molar-refractivity contribution in [1.82, 2.24) is 10.6 Å². The topological polar surface area (TPSA) is 105 Å². The van der Waals surface area contributed by atoms with Crippen LogP contribution in [0.25, 0.3) is 11.1 Å². The van der Waals surface area contributed by atoms with Crippen molar-refractivity contribution in [2.75, 3.05) is 6.61 Å². The van der Waals surface area contributed by atoms with Gasteiger partial charge in [0.15, 0.2) is 0 Å². The van der Waals surface area contributed by atoms with Crippen LogP contribution in [0.4, 0.5) is 4.79 Å². The third kappa shape index (κ3) is 6.21. The molecule has 0 spiro atoms. The lowest BCUT2D eigenvalue weighted by Crippen LogP contribution is -2.45. The Kier molecular flexibility index (Phi) is 8.06. The van der Waals surface area contributed by atoms with Crippen molar-refractivity contribution in [3.8, 4) is 11.1 Å². The third-order valence-electron chi connectivity index (χ3n) is 7.18. The molecule has 3 atom stereocenters. The highest BCUT2D eigenvalue weighted by Gasteiger charge is 2.30. The maximum absolute atomic E-state index is 12.6. The van der Waals surface area contributed by atoms with E-state index in [0.717, 1.165) is 36.8 Å². The van der Waals surface area contributed by atoms with Crippen molar-refractivity contribution < 1.29 is 24.2 Å². The van der Waals surface area contributed by atoms with E-state index in [2.05, 4.69) is 34.9 Å². The van der Waals surface area contributed by atoms with Crippen LogP contribution >= 0.6 is 0 Å². The number of benzene rings is 2. The molecule has 2 aromatic carbocycles. The number of carboxylic acids is 1. The molecule has 2 aromatic rings. The highest BCUT2D eigenvalue weighted by Crippen LogP contribution is 2.44. The number of alkyl carbamates (subject to hydrolysis) is 1. The molecule has 186 valence electrons. The van der Waals surface area contributed by atoms with E-state index in [1.165, 1.54) is 11.1 Å². The van der Waals surface area contributed by atoms with E-state index in [4.69, 9.17) is 9.84 Å². The molecule has 2 amide bonds. The van der Waals surface area contributed by atoms with E-state index >= 15 is 0 Å². The summed E-state index contributed by atoms with van der Waals surface area (Å²) in [6.45, 7) is 2.01. The van der Waals surface area contributed by atoms with E-state index in [1.807, 2.05) is 24.3 Å². The number of carboxylic acid groups (broad SMARTS) is 1. The fourth-order valence-corrected chi connectivity index (χ4v) is 5.49. The first kappa shape index (κ1) is 24.8. The molecular weight excluding hydrogens is 444 g/mol. The quantitative estimate of drug-likeness (QED) is 0.478. The van der Waals surface area contributed by atoms with Crippen LogP contribution in [0.5, 0.6) is 0 Å². The van der Waals surface area contributed by atoms with Crippen LogP contribution in [0.15, 0.2) is 48.5 Å². The van der Waals surface area contributed by atoms with E-state index in [-0.39, 0.29) is 49.3 Å². The molecular formula is C28H34N2O5. The molecule has 0 aromatic heterocycles. The highest BCUT2D eigenvalue weighted by atomic mass is 16.5. The fourth-order valence-electron chi connectivity index (χ4n) is 5.49. The molecule has 7 heteroatoms. The van der Waals surface area contributed by atoms with Crippen molar-refractivity contribution in [2.45, 2.75) is 69.9 Å². The summed E-state index contributed by atoms with van der Waals surface area (Å²) in [6.07, 6.45) is 4.20. The smallest absolute Gasteiger partial charge is 0.407 e. The van der Waals surface area contributed by atoms with Gasteiger partial charge in [-0.3, -0.25) is 9.59 Å². The van der Waals surface area contributed by atoms with Gasteiger partial charge in [0.1, 0.15) is 6.61 Å². The Labute approximate surface area is 206 Å². The number of ether oxygens (including phenoxy) is 1. The van der Waals surface area contributed by atoms with Crippen LogP contribution < -0.4 is 10.6 Å². The number of hydrogen-bond donors (Lipinski definition) is 3. The van der Waals surface area contributed by atoms with Crippen LogP contribution in [0.2, 0.25) is 0 Å². The molecule has 2 unspecified atom stereocenters. The Morgan fingerprint density at radius 1 is 1.00 bits per heavy atom. The Balaban J connectivity index is 1.25. The average molecular weight is 479 g/mol. The Bertz CT molecular complexity index is 1020. The summed E-state index contributed by atoms with van der Waals surface area (Å²) >= 11 is 0. The molecule has 1 saturated carbocycles. The number of carbonyl (C=O) groups is 3. The van der Waals surface area contributed by atoms with E-state index in [9.17, 15) is 14.4 Å². The molecule has 0 bridgehead atoms. The molecule has 2 aliphatic carbocycles. The lowest BCUT2D eigenvalue weighted by molar-refractivity contribution is -0.137. The number of hydrogen-bond acceptors (Lipinski definition) is 4. The monoisotopic (exact) mass is 478 g/mol. The van der Waals surface area contributed by atoms with Gasteiger partial charge in [-0.25, -0.2) is 4.79 Å². The average Bonchev–Trinajstić information content (AvgIpc) is 3.15. The maximum atomic E-state index is 12.6. The molecule has 0 aliphatic heterocycles. The first-order chi connectivity index (χ1) is 16.9. The first-order valence-electron chi connectivity index (χ1n) is 12.5. The minimum Gasteiger partial charge on any atom is -0.481 e. The molecule has 1 fully saturated rings. The van der Waals surface area contributed by atoms with Gasteiger partial charge in [0.05, 0.1) is 0 Å². The zero-order chi connectivity index (χ0) is 24.8. The zero-order valence-electron chi connectivity index (χ0n) is 20.2. The minimum absolute atomic E-state index is 0.00254. The van der Waals surface area contributed by atoms with Crippen LogP contribution in [-0.4, -0.2) is 41.8 Å². The molecule has 7 nitrogen and oxygen atoms in total. The van der Waals surface area contributed by atoms with Crippen LogP contribution in [-0.2, 0) is 14.3 Å². The number of carbonyl (C=O) groups excluding carboxylic acids is 2. The number of nitrogens with one attached hydrogen (secondary N) is 2. The van der Waals surface area contributed by atoms with Crippen molar-refractivity contribution in [2.24, 2.45) is 5.92 Å².